The van der Waals surface area contributed by atoms with Crippen LogP contribution in [0.2, 0.25) is 0 Å². The van der Waals surface area contributed by atoms with E-state index in [1.54, 1.807) is 6.20 Å². The van der Waals surface area contributed by atoms with Gasteiger partial charge in [0.05, 0.1) is 11.9 Å². The Morgan fingerprint density at radius 3 is 3.18 bits per heavy atom. The molecule has 58 valence electrons. The van der Waals surface area contributed by atoms with Gasteiger partial charge in [0.2, 0.25) is 0 Å². The summed E-state index contributed by atoms with van der Waals surface area (Å²) < 4.78 is 0. The van der Waals surface area contributed by atoms with Crippen LogP contribution in [-0.4, -0.2) is 4.98 Å². The number of aromatic nitrogens is 1. The highest BCUT2D eigenvalue weighted by Gasteiger charge is 2.19. The summed E-state index contributed by atoms with van der Waals surface area (Å²) in [6.45, 7) is 0. The van der Waals surface area contributed by atoms with E-state index in [2.05, 4.69) is 4.98 Å². The van der Waals surface area contributed by atoms with Gasteiger partial charge in [-0.05, 0) is 24.5 Å². The number of nitrogens with two attached hydrogens (primary N) is 2. The van der Waals surface area contributed by atoms with Crippen molar-refractivity contribution in [3.05, 3.63) is 23.5 Å². The third-order valence-corrected chi connectivity index (χ3v) is 2.12. The number of anilines is 1. The summed E-state index contributed by atoms with van der Waals surface area (Å²) in [5.41, 5.74) is 14.4. The molecule has 0 spiro atoms. The van der Waals surface area contributed by atoms with E-state index in [4.69, 9.17) is 11.5 Å². The molecule has 0 aromatic carbocycles. The van der Waals surface area contributed by atoms with Crippen molar-refractivity contribution in [1.29, 1.82) is 0 Å². The normalized spacial score (nSPS) is 21.7. The van der Waals surface area contributed by atoms with Crippen LogP contribution in [-0.2, 0) is 6.42 Å². The van der Waals surface area contributed by atoms with Crippen LogP contribution in [0.1, 0.15) is 23.7 Å². The lowest BCUT2D eigenvalue weighted by molar-refractivity contribution is 0.713. The summed E-state index contributed by atoms with van der Waals surface area (Å²) in [6.07, 6.45) is 3.69. The van der Waals surface area contributed by atoms with Crippen molar-refractivity contribution in [3.63, 3.8) is 0 Å². The highest BCUT2D eigenvalue weighted by atomic mass is 14.8. The summed E-state index contributed by atoms with van der Waals surface area (Å²) >= 11 is 0. The minimum absolute atomic E-state index is 0.154. The van der Waals surface area contributed by atoms with Gasteiger partial charge in [0.15, 0.2) is 0 Å². The quantitative estimate of drug-likeness (QED) is 0.568. The topological polar surface area (TPSA) is 64.9 Å². The summed E-state index contributed by atoms with van der Waals surface area (Å²) in [5, 5.41) is 0. The molecule has 0 fully saturated rings. The second-order valence-corrected chi connectivity index (χ2v) is 2.95. The minimum Gasteiger partial charge on any atom is -0.397 e. The van der Waals surface area contributed by atoms with E-state index in [1.165, 1.54) is 0 Å². The fourth-order valence-electron chi connectivity index (χ4n) is 1.50. The maximum absolute atomic E-state index is 5.82. The van der Waals surface area contributed by atoms with E-state index in [-0.39, 0.29) is 6.04 Å². The lowest BCUT2D eigenvalue weighted by atomic mass is 10.1. The van der Waals surface area contributed by atoms with Crippen molar-refractivity contribution in [3.8, 4) is 0 Å². The van der Waals surface area contributed by atoms with Crippen molar-refractivity contribution < 1.29 is 0 Å². The van der Waals surface area contributed by atoms with E-state index in [0.717, 1.165) is 24.1 Å². The fraction of sp³-hybridized carbons (Fsp3) is 0.375. The van der Waals surface area contributed by atoms with E-state index in [9.17, 15) is 0 Å². The molecular formula is C8H11N3. The van der Waals surface area contributed by atoms with Gasteiger partial charge in [-0.2, -0.15) is 0 Å². The predicted molar refractivity (Wildman–Crippen MR) is 43.9 cm³/mol. The van der Waals surface area contributed by atoms with Crippen molar-refractivity contribution in [2.24, 2.45) is 5.73 Å². The largest absolute Gasteiger partial charge is 0.397 e. The van der Waals surface area contributed by atoms with Gasteiger partial charge in [0.25, 0.3) is 0 Å². The van der Waals surface area contributed by atoms with Gasteiger partial charge in [-0.15, -0.1) is 0 Å². The molecule has 1 aliphatic carbocycles. The Hall–Kier alpha value is -1.09. The van der Waals surface area contributed by atoms with E-state index < -0.39 is 0 Å². The first-order chi connectivity index (χ1) is 5.27. The van der Waals surface area contributed by atoms with Crippen LogP contribution >= 0.6 is 0 Å². The maximum Gasteiger partial charge on any atom is 0.0504 e. The standard InChI is InChI=1S/C8H11N3/c9-5-3-6-7(10)1-2-8(6)11-4-5/h3-4,7H,1-2,9-10H2. The average molecular weight is 149 g/mol. The van der Waals surface area contributed by atoms with Gasteiger partial charge in [-0.3, -0.25) is 4.98 Å². The molecule has 0 saturated heterocycles. The van der Waals surface area contributed by atoms with Crippen molar-refractivity contribution in [1.82, 2.24) is 4.98 Å². The van der Waals surface area contributed by atoms with Crippen LogP contribution in [0.25, 0.3) is 0 Å². The maximum atomic E-state index is 5.82. The zero-order valence-corrected chi connectivity index (χ0v) is 6.25. The third-order valence-electron chi connectivity index (χ3n) is 2.12. The lowest BCUT2D eigenvalue weighted by Gasteiger charge is -2.03. The zero-order valence-electron chi connectivity index (χ0n) is 6.25. The van der Waals surface area contributed by atoms with Crippen molar-refractivity contribution in [2.45, 2.75) is 18.9 Å². The monoisotopic (exact) mass is 149 g/mol. The fourth-order valence-corrected chi connectivity index (χ4v) is 1.50. The van der Waals surface area contributed by atoms with E-state index in [0.29, 0.717) is 5.69 Å². The summed E-state index contributed by atoms with van der Waals surface area (Å²) in [6, 6.07) is 2.08. The smallest absolute Gasteiger partial charge is 0.0504 e. The number of rotatable bonds is 0. The molecule has 0 saturated carbocycles. The Labute approximate surface area is 65.4 Å². The number of pyridine rings is 1. The summed E-state index contributed by atoms with van der Waals surface area (Å²) in [4.78, 5) is 4.20. The molecule has 2 rings (SSSR count). The molecule has 1 aromatic heterocycles. The molecule has 0 aliphatic heterocycles. The van der Waals surface area contributed by atoms with Crippen molar-refractivity contribution in [2.75, 3.05) is 5.73 Å². The molecule has 1 atom stereocenters. The van der Waals surface area contributed by atoms with Crippen LogP contribution in [0.4, 0.5) is 5.69 Å². The Bertz CT molecular complexity index is 283. The average Bonchev–Trinajstić information content (AvgIpc) is 2.33. The number of hydrogen-bond donors (Lipinski definition) is 2. The number of nitrogens with zero attached hydrogens (tertiary/aromatic N) is 1. The summed E-state index contributed by atoms with van der Waals surface area (Å²) in [5.74, 6) is 0. The SMILES string of the molecule is Nc1cnc2c(c1)C(N)CC2. The first-order valence-corrected chi connectivity index (χ1v) is 3.77. The molecular weight excluding hydrogens is 138 g/mol. The van der Waals surface area contributed by atoms with Crippen LogP contribution in [0.5, 0.6) is 0 Å². The lowest BCUT2D eigenvalue weighted by Crippen LogP contribution is -2.05. The minimum atomic E-state index is 0.154. The van der Waals surface area contributed by atoms with E-state index in [1.807, 2.05) is 6.07 Å². The van der Waals surface area contributed by atoms with Gasteiger partial charge in [0.1, 0.15) is 0 Å². The Morgan fingerprint density at radius 2 is 2.36 bits per heavy atom. The van der Waals surface area contributed by atoms with Gasteiger partial charge in [0, 0.05) is 11.7 Å². The predicted octanol–water partition coefficient (Wildman–Crippen LogP) is 0.610. The molecule has 1 unspecified atom stereocenters. The Kier molecular flexibility index (Phi) is 1.32. The molecule has 1 aliphatic rings. The highest BCUT2D eigenvalue weighted by molar-refractivity contribution is 5.43. The Morgan fingerprint density at radius 1 is 1.55 bits per heavy atom. The molecule has 4 N–H and O–H groups in total. The molecule has 3 heteroatoms. The first-order valence-electron chi connectivity index (χ1n) is 3.77. The number of aryl methyl sites for hydroxylation is 1. The number of hydrogen-bond acceptors (Lipinski definition) is 3. The number of fused-ring (bicyclic) bond motifs is 1. The third kappa shape index (κ3) is 0.973. The Balaban J connectivity index is 2.52. The molecule has 0 bridgehead atoms. The van der Waals surface area contributed by atoms with Gasteiger partial charge < -0.3 is 11.5 Å². The molecule has 1 aromatic rings. The zero-order chi connectivity index (χ0) is 7.84. The van der Waals surface area contributed by atoms with Gasteiger partial charge in [-0.1, -0.05) is 0 Å². The van der Waals surface area contributed by atoms with Crippen LogP contribution in [0.3, 0.4) is 0 Å². The van der Waals surface area contributed by atoms with Crippen LogP contribution in [0, 0.1) is 0 Å². The second-order valence-electron chi connectivity index (χ2n) is 2.95. The second kappa shape index (κ2) is 2.20. The van der Waals surface area contributed by atoms with Gasteiger partial charge in [-0.25, -0.2) is 0 Å². The number of nitrogen functional groups attached to an aromatic ring is 1. The van der Waals surface area contributed by atoms with Crippen molar-refractivity contribution >= 4 is 5.69 Å². The van der Waals surface area contributed by atoms with Crippen LogP contribution < -0.4 is 11.5 Å². The molecule has 0 radical (unpaired) electrons. The molecule has 11 heavy (non-hydrogen) atoms. The van der Waals surface area contributed by atoms with E-state index >= 15 is 0 Å². The first kappa shape index (κ1) is 6.61. The molecule has 0 amide bonds. The van der Waals surface area contributed by atoms with Gasteiger partial charge >= 0.3 is 0 Å². The highest BCUT2D eigenvalue weighted by Crippen LogP contribution is 2.28. The summed E-state index contributed by atoms with van der Waals surface area (Å²) in [7, 11) is 0. The molecule has 1 heterocycles. The molecule has 3 nitrogen and oxygen atoms in total. The van der Waals surface area contributed by atoms with Crippen LogP contribution in [0.15, 0.2) is 12.3 Å².